The predicted molar refractivity (Wildman–Crippen MR) is 70.9 cm³/mol. The van der Waals surface area contributed by atoms with Gasteiger partial charge in [-0.05, 0) is 17.7 Å². The van der Waals surface area contributed by atoms with Crippen LogP contribution in [0.15, 0.2) is 28.7 Å². The summed E-state index contributed by atoms with van der Waals surface area (Å²) >= 11 is 3.36. The average Bonchev–Trinajstić information content (AvgIpc) is 2.24. The summed E-state index contributed by atoms with van der Waals surface area (Å²) in [5, 5.41) is 12.9. The van der Waals surface area contributed by atoms with Crippen molar-refractivity contribution < 1.29 is 9.32 Å². The van der Waals surface area contributed by atoms with Crippen molar-refractivity contribution in [3.05, 3.63) is 34.3 Å². The third kappa shape index (κ3) is 5.21. The zero-order valence-corrected chi connectivity index (χ0v) is 11.6. The monoisotopic (exact) mass is 305 g/mol. The first-order valence-electron chi connectivity index (χ1n) is 5.04. The molecule has 0 aliphatic heterocycles. The van der Waals surface area contributed by atoms with E-state index in [2.05, 4.69) is 21.2 Å². The van der Waals surface area contributed by atoms with Crippen molar-refractivity contribution >= 4 is 26.7 Å². The van der Waals surface area contributed by atoms with Crippen molar-refractivity contribution in [2.45, 2.75) is 6.10 Å². The minimum Gasteiger partial charge on any atom is -0.387 e. The van der Waals surface area contributed by atoms with Gasteiger partial charge in [-0.1, -0.05) is 28.1 Å². The minimum absolute atomic E-state index is 0.480. The summed E-state index contributed by atoms with van der Waals surface area (Å²) in [4.78, 5) is 0. The molecule has 0 aromatic heterocycles. The highest BCUT2D eigenvalue weighted by Gasteiger charge is 2.06. The number of hydrogen-bond donors (Lipinski definition) is 2. The number of rotatable bonds is 6. The van der Waals surface area contributed by atoms with Gasteiger partial charge in [0.05, 0.1) is 6.10 Å². The van der Waals surface area contributed by atoms with Gasteiger partial charge in [-0.25, -0.2) is 0 Å². The van der Waals surface area contributed by atoms with Gasteiger partial charge in [0, 0.05) is 40.4 Å². The molecule has 2 atom stereocenters. The minimum atomic E-state index is -0.780. The fourth-order valence-electron chi connectivity index (χ4n) is 1.29. The fourth-order valence-corrected chi connectivity index (χ4v) is 2.14. The maximum atomic E-state index is 10.8. The molecular formula is C11H16BrNO2S. The van der Waals surface area contributed by atoms with E-state index in [9.17, 15) is 9.32 Å². The van der Waals surface area contributed by atoms with E-state index in [1.807, 2.05) is 24.3 Å². The molecule has 0 saturated heterocycles. The summed E-state index contributed by atoms with van der Waals surface area (Å²) < 4.78 is 11.8. The molecule has 2 unspecified atom stereocenters. The Hall–Kier alpha value is -0.230. The van der Waals surface area contributed by atoms with Crippen LogP contribution in [0.1, 0.15) is 11.7 Å². The van der Waals surface area contributed by atoms with E-state index in [4.69, 9.17) is 0 Å². The third-order valence-electron chi connectivity index (χ3n) is 2.14. The van der Waals surface area contributed by atoms with Crippen LogP contribution in [0.4, 0.5) is 0 Å². The zero-order valence-electron chi connectivity index (χ0n) is 9.15. The molecule has 16 heavy (non-hydrogen) atoms. The van der Waals surface area contributed by atoms with Gasteiger partial charge < -0.3 is 10.4 Å². The van der Waals surface area contributed by atoms with Crippen LogP contribution in [-0.4, -0.2) is 34.4 Å². The van der Waals surface area contributed by atoms with E-state index in [-0.39, 0.29) is 0 Å². The SMILES string of the molecule is CS(=O)CCNCC(O)c1cccc(Br)c1. The van der Waals surface area contributed by atoms with E-state index in [1.165, 1.54) is 0 Å². The van der Waals surface area contributed by atoms with Crippen molar-refractivity contribution in [1.82, 2.24) is 5.32 Å². The highest BCUT2D eigenvalue weighted by molar-refractivity contribution is 9.10. The summed E-state index contributed by atoms with van der Waals surface area (Å²) in [5.41, 5.74) is 0.875. The number of benzene rings is 1. The average molecular weight is 306 g/mol. The standard InChI is InChI=1S/C11H16BrNO2S/c1-16(15)6-5-13-8-11(14)9-3-2-4-10(12)7-9/h2-4,7,11,13-14H,5-6,8H2,1H3. The molecular weight excluding hydrogens is 290 g/mol. The second-order valence-electron chi connectivity index (χ2n) is 3.55. The van der Waals surface area contributed by atoms with E-state index in [0.717, 1.165) is 10.0 Å². The maximum absolute atomic E-state index is 10.8. The van der Waals surface area contributed by atoms with Gasteiger partial charge in [-0.2, -0.15) is 0 Å². The molecule has 1 rings (SSSR count). The molecule has 0 aliphatic rings. The number of halogens is 1. The van der Waals surface area contributed by atoms with Crippen molar-refractivity contribution in [2.75, 3.05) is 25.1 Å². The summed E-state index contributed by atoms with van der Waals surface area (Å²) in [6.45, 7) is 1.14. The molecule has 90 valence electrons. The molecule has 0 aliphatic carbocycles. The van der Waals surface area contributed by atoms with Gasteiger partial charge in [0.15, 0.2) is 0 Å². The number of aliphatic hydroxyl groups is 1. The Bertz CT molecular complexity index is 360. The third-order valence-corrected chi connectivity index (χ3v) is 3.41. The normalized spacial score (nSPS) is 14.7. The Morgan fingerprint density at radius 2 is 2.31 bits per heavy atom. The quantitative estimate of drug-likeness (QED) is 0.782. The zero-order chi connectivity index (χ0) is 12.0. The van der Waals surface area contributed by atoms with Crippen LogP contribution in [0.2, 0.25) is 0 Å². The highest BCUT2D eigenvalue weighted by Crippen LogP contribution is 2.17. The molecule has 0 radical (unpaired) electrons. The molecule has 0 bridgehead atoms. The van der Waals surface area contributed by atoms with Crippen molar-refractivity contribution in [2.24, 2.45) is 0 Å². The van der Waals surface area contributed by atoms with Crippen molar-refractivity contribution in [1.29, 1.82) is 0 Å². The van der Waals surface area contributed by atoms with Crippen molar-refractivity contribution in [3.8, 4) is 0 Å². The highest BCUT2D eigenvalue weighted by atomic mass is 79.9. The molecule has 0 amide bonds. The molecule has 2 N–H and O–H groups in total. The fraction of sp³-hybridized carbons (Fsp3) is 0.455. The Labute approximate surface area is 107 Å². The van der Waals surface area contributed by atoms with Crippen LogP contribution in [-0.2, 0) is 10.8 Å². The second-order valence-corrected chi connectivity index (χ2v) is 6.02. The molecule has 1 aromatic carbocycles. The van der Waals surface area contributed by atoms with Gasteiger partial charge in [-0.3, -0.25) is 4.21 Å². The Balaban J connectivity index is 2.35. The van der Waals surface area contributed by atoms with Gasteiger partial charge >= 0.3 is 0 Å². The van der Waals surface area contributed by atoms with Gasteiger partial charge in [0.25, 0.3) is 0 Å². The first-order valence-corrected chi connectivity index (χ1v) is 7.56. The van der Waals surface area contributed by atoms with Crippen molar-refractivity contribution in [3.63, 3.8) is 0 Å². The first-order chi connectivity index (χ1) is 7.59. The lowest BCUT2D eigenvalue weighted by Crippen LogP contribution is -2.25. The van der Waals surface area contributed by atoms with Crippen LogP contribution in [0.5, 0.6) is 0 Å². The molecule has 0 heterocycles. The van der Waals surface area contributed by atoms with Crippen LogP contribution < -0.4 is 5.32 Å². The van der Waals surface area contributed by atoms with Crippen LogP contribution in [0.3, 0.4) is 0 Å². The van der Waals surface area contributed by atoms with E-state index < -0.39 is 16.9 Å². The second kappa shape index (κ2) is 7.17. The maximum Gasteiger partial charge on any atom is 0.0914 e. The first kappa shape index (κ1) is 13.8. The van der Waals surface area contributed by atoms with E-state index >= 15 is 0 Å². The predicted octanol–water partition coefficient (Wildman–Crippen LogP) is 1.45. The lowest BCUT2D eigenvalue weighted by molar-refractivity contribution is 0.175. The molecule has 5 heteroatoms. The largest absolute Gasteiger partial charge is 0.387 e. The van der Waals surface area contributed by atoms with Gasteiger partial charge in [-0.15, -0.1) is 0 Å². The topological polar surface area (TPSA) is 49.3 Å². The molecule has 1 aromatic rings. The number of hydrogen-bond acceptors (Lipinski definition) is 3. The summed E-state index contributed by atoms with van der Waals surface area (Å²) in [5.74, 6) is 0.616. The summed E-state index contributed by atoms with van der Waals surface area (Å²) in [6, 6.07) is 7.59. The van der Waals surface area contributed by atoms with E-state index in [1.54, 1.807) is 6.26 Å². The molecule has 0 saturated carbocycles. The Morgan fingerprint density at radius 3 is 2.94 bits per heavy atom. The van der Waals surface area contributed by atoms with Crippen LogP contribution in [0.25, 0.3) is 0 Å². The Kier molecular flexibility index (Phi) is 6.20. The lowest BCUT2D eigenvalue weighted by atomic mass is 10.1. The number of aliphatic hydroxyl groups excluding tert-OH is 1. The lowest BCUT2D eigenvalue weighted by Gasteiger charge is -2.12. The van der Waals surface area contributed by atoms with Crippen LogP contribution >= 0.6 is 15.9 Å². The Morgan fingerprint density at radius 1 is 1.56 bits per heavy atom. The number of nitrogens with one attached hydrogen (secondary N) is 1. The molecule has 3 nitrogen and oxygen atoms in total. The molecule has 0 spiro atoms. The smallest absolute Gasteiger partial charge is 0.0914 e. The van der Waals surface area contributed by atoms with Gasteiger partial charge in [0.2, 0.25) is 0 Å². The van der Waals surface area contributed by atoms with Crippen LogP contribution in [0, 0.1) is 0 Å². The summed E-state index contributed by atoms with van der Waals surface area (Å²) in [7, 11) is -0.780. The van der Waals surface area contributed by atoms with Gasteiger partial charge in [0.1, 0.15) is 0 Å². The molecule has 0 fully saturated rings. The van der Waals surface area contributed by atoms with E-state index in [0.29, 0.717) is 18.8 Å². The summed E-state index contributed by atoms with van der Waals surface area (Å²) in [6.07, 6.45) is 1.15.